The summed E-state index contributed by atoms with van der Waals surface area (Å²) in [6, 6.07) is 0.891. The van der Waals surface area contributed by atoms with Crippen molar-refractivity contribution in [3.05, 3.63) is 37.2 Å². The van der Waals surface area contributed by atoms with Gasteiger partial charge in [0.25, 0.3) is 0 Å². The third-order valence-corrected chi connectivity index (χ3v) is 16.0. The van der Waals surface area contributed by atoms with Crippen molar-refractivity contribution in [1.29, 1.82) is 0 Å². The van der Waals surface area contributed by atoms with Crippen LogP contribution in [-0.4, -0.2) is 25.7 Å². The Morgan fingerprint density at radius 3 is 1.67 bits per heavy atom. The van der Waals surface area contributed by atoms with Gasteiger partial charge in [0.2, 0.25) is 0 Å². The number of halogens is 3. The van der Waals surface area contributed by atoms with E-state index in [4.69, 9.17) is 12.3 Å². The molecule has 0 saturated carbocycles. The Balaban J connectivity index is 3.08. The van der Waals surface area contributed by atoms with E-state index in [0.717, 1.165) is 0 Å². The molecule has 0 amide bonds. The van der Waals surface area contributed by atoms with E-state index in [2.05, 4.69) is 0 Å². The van der Waals surface area contributed by atoms with Gasteiger partial charge in [-0.15, -0.1) is 0 Å². The molecule has 0 N–H and O–H groups in total. The number of allylic oxidation sites excluding steroid dienone is 3. The highest BCUT2D eigenvalue weighted by molar-refractivity contribution is 6.94. The second-order valence-corrected chi connectivity index (χ2v) is 16.0. The standard InChI is InChI=1S/C12H21F3O3Si3/c1-19(2)16-20(3,10-4-7-13)18-21(17-19,11-5-8-14)12-6-9-15/h4-9H,10-12H2,1-3H3. The summed E-state index contributed by atoms with van der Waals surface area (Å²) in [5.41, 5.74) is 0. The van der Waals surface area contributed by atoms with E-state index >= 15 is 0 Å². The van der Waals surface area contributed by atoms with Crippen molar-refractivity contribution >= 4 is 25.7 Å². The van der Waals surface area contributed by atoms with E-state index in [1.54, 1.807) is 0 Å². The molecule has 0 radical (unpaired) electrons. The molecule has 9 heteroatoms. The van der Waals surface area contributed by atoms with Crippen molar-refractivity contribution in [2.75, 3.05) is 0 Å². The lowest BCUT2D eigenvalue weighted by atomic mass is 10.7. The molecule has 1 heterocycles. The molecular weight excluding hydrogens is 333 g/mol. The van der Waals surface area contributed by atoms with E-state index in [1.165, 1.54) is 18.2 Å². The topological polar surface area (TPSA) is 27.7 Å². The average molecular weight is 355 g/mol. The van der Waals surface area contributed by atoms with Crippen LogP contribution in [0.4, 0.5) is 13.2 Å². The fourth-order valence-corrected chi connectivity index (χ4v) is 18.6. The van der Waals surface area contributed by atoms with Crippen LogP contribution in [0, 0.1) is 0 Å². The maximum absolute atomic E-state index is 12.4. The first-order valence-electron chi connectivity index (χ1n) is 6.66. The number of hydrogen-bond acceptors (Lipinski definition) is 3. The summed E-state index contributed by atoms with van der Waals surface area (Å²) < 4.78 is 55.3. The lowest BCUT2D eigenvalue weighted by Crippen LogP contribution is -2.67. The Labute approximate surface area is 126 Å². The summed E-state index contributed by atoms with van der Waals surface area (Å²) in [6.45, 7) is 5.59. The van der Waals surface area contributed by atoms with Crippen LogP contribution in [0.25, 0.3) is 0 Å². The minimum absolute atomic E-state index is 0.273. The van der Waals surface area contributed by atoms with Crippen molar-refractivity contribution in [3.8, 4) is 0 Å². The first kappa shape index (κ1) is 18.6. The van der Waals surface area contributed by atoms with Gasteiger partial charge in [-0.1, -0.05) is 18.2 Å². The predicted molar refractivity (Wildman–Crippen MR) is 83.3 cm³/mol. The van der Waals surface area contributed by atoms with E-state index < -0.39 is 25.7 Å². The highest BCUT2D eigenvalue weighted by Crippen LogP contribution is 2.37. The molecule has 1 saturated heterocycles. The Bertz CT molecular complexity index is 415. The highest BCUT2D eigenvalue weighted by Gasteiger charge is 2.55. The predicted octanol–water partition coefficient (Wildman–Crippen LogP) is 4.72. The zero-order valence-electron chi connectivity index (χ0n) is 12.4. The summed E-state index contributed by atoms with van der Waals surface area (Å²) in [4.78, 5) is 0. The van der Waals surface area contributed by atoms with Crippen molar-refractivity contribution in [2.24, 2.45) is 0 Å². The largest absolute Gasteiger partial charge is 0.416 e. The second-order valence-electron chi connectivity index (χ2n) is 5.45. The van der Waals surface area contributed by atoms with Crippen LogP contribution in [0.1, 0.15) is 0 Å². The zero-order valence-corrected chi connectivity index (χ0v) is 15.4. The smallest absolute Gasteiger partial charge is 0.328 e. The maximum atomic E-state index is 12.4. The Kier molecular flexibility index (Phi) is 6.81. The van der Waals surface area contributed by atoms with E-state index in [-0.39, 0.29) is 12.1 Å². The van der Waals surface area contributed by atoms with Crippen LogP contribution in [0.15, 0.2) is 37.2 Å². The van der Waals surface area contributed by atoms with Gasteiger partial charge in [-0.25, -0.2) is 13.2 Å². The van der Waals surface area contributed by atoms with Gasteiger partial charge in [0.05, 0.1) is 19.0 Å². The molecule has 1 fully saturated rings. The third kappa shape index (κ3) is 5.68. The van der Waals surface area contributed by atoms with Gasteiger partial charge in [-0.05, 0) is 19.6 Å². The van der Waals surface area contributed by atoms with Crippen molar-refractivity contribution in [1.82, 2.24) is 0 Å². The van der Waals surface area contributed by atoms with Gasteiger partial charge in [-0.3, -0.25) is 0 Å². The molecule has 0 spiro atoms. The van der Waals surface area contributed by atoms with Gasteiger partial charge in [0.15, 0.2) is 0 Å². The molecule has 0 bridgehead atoms. The SMILES string of the molecule is C[Si]1(C)O[Si](C)(CC=CF)O[Si](CC=CF)(CC=CF)O1. The summed E-state index contributed by atoms with van der Waals surface area (Å²) in [5.74, 6) is 0. The Morgan fingerprint density at radius 1 is 0.714 bits per heavy atom. The van der Waals surface area contributed by atoms with Crippen LogP contribution >= 0.6 is 0 Å². The van der Waals surface area contributed by atoms with Crippen LogP contribution in [-0.2, 0) is 12.3 Å². The Morgan fingerprint density at radius 2 is 1.19 bits per heavy atom. The monoisotopic (exact) mass is 354 g/mol. The first-order chi connectivity index (χ1) is 9.80. The molecule has 1 aliphatic heterocycles. The molecule has 120 valence electrons. The maximum Gasteiger partial charge on any atom is 0.328 e. The first-order valence-corrected chi connectivity index (χ1v) is 14.2. The molecule has 0 aromatic carbocycles. The lowest BCUT2D eigenvalue weighted by molar-refractivity contribution is 0.228. The minimum atomic E-state index is -2.86. The molecule has 1 atom stereocenters. The molecule has 1 unspecified atom stereocenters. The Hall–Kier alpha value is -0.459. The van der Waals surface area contributed by atoms with Gasteiger partial charge in [-0.2, -0.15) is 0 Å². The third-order valence-electron chi connectivity index (χ3n) is 2.91. The van der Waals surface area contributed by atoms with E-state index in [1.807, 2.05) is 19.6 Å². The fraction of sp³-hybridized carbons (Fsp3) is 0.500. The lowest BCUT2D eigenvalue weighted by Gasteiger charge is -2.49. The highest BCUT2D eigenvalue weighted by atomic mass is 28.5. The normalized spacial score (nSPS) is 33.4. The van der Waals surface area contributed by atoms with Crippen molar-refractivity contribution in [3.63, 3.8) is 0 Å². The summed E-state index contributed by atoms with van der Waals surface area (Å²) in [5, 5.41) is 0. The van der Waals surface area contributed by atoms with Crippen LogP contribution in [0.3, 0.4) is 0 Å². The van der Waals surface area contributed by atoms with Crippen LogP contribution < -0.4 is 0 Å². The van der Waals surface area contributed by atoms with Crippen molar-refractivity contribution < 1.29 is 25.5 Å². The molecule has 21 heavy (non-hydrogen) atoms. The molecule has 3 nitrogen and oxygen atoms in total. The minimum Gasteiger partial charge on any atom is -0.416 e. The summed E-state index contributed by atoms with van der Waals surface area (Å²) in [7, 11) is -8.01. The molecule has 0 aliphatic carbocycles. The summed E-state index contributed by atoms with van der Waals surface area (Å²) in [6.07, 6.45) is 5.34. The summed E-state index contributed by atoms with van der Waals surface area (Å²) >= 11 is 0. The van der Waals surface area contributed by atoms with Gasteiger partial charge >= 0.3 is 25.7 Å². The van der Waals surface area contributed by atoms with E-state index in [0.29, 0.717) is 25.0 Å². The molecule has 1 rings (SSSR count). The van der Waals surface area contributed by atoms with E-state index in [9.17, 15) is 13.2 Å². The number of hydrogen-bond donors (Lipinski definition) is 0. The van der Waals surface area contributed by atoms with Crippen LogP contribution in [0.5, 0.6) is 0 Å². The molecule has 0 aromatic rings. The quantitative estimate of drug-likeness (QED) is 0.646. The van der Waals surface area contributed by atoms with Gasteiger partial charge in [0, 0.05) is 18.1 Å². The van der Waals surface area contributed by atoms with Crippen LogP contribution in [0.2, 0.25) is 37.8 Å². The van der Waals surface area contributed by atoms with Crippen molar-refractivity contribution in [2.45, 2.75) is 37.8 Å². The molecular formula is C12H21F3O3Si3. The number of rotatable bonds is 6. The zero-order chi connectivity index (χ0) is 16.0. The fourth-order valence-electron chi connectivity index (χ4n) is 2.46. The van der Waals surface area contributed by atoms with Gasteiger partial charge < -0.3 is 12.3 Å². The van der Waals surface area contributed by atoms with Gasteiger partial charge in [0.1, 0.15) is 0 Å². The molecule has 0 aromatic heterocycles. The second kappa shape index (κ2) is 7.70. The molecule has 1 aliphatic rings. The average Bonchev–Trinajstić information content (AvgIpc) is 2.39.